The number of hydrogen-bond acceptors (Lipinski definition) is 4. The van der Waals surface area contributed by atoms with Crippen LogP contribution in [0.15, 0.2) is 59.9 Å². The molecule has 0 radical (unpaired) electrons. The molecule has 5 nitrogen and oxygen atoms in total. The number of hydrogen-bond donors (Lipinski definition) is 1. The van der Waals surface area contributed by atoms with Crippen LogP contribution in [-0.4, -0.2) is 16.1 Å². The molecule has 0 amide bonds. The number of aromatic nitrogens is 2. The zero-order valence-electron chi connectivity index (χ0n) is 11.5. The first-order valence-electron chi connectivity index (χ1n) is 6.57. The number of carbonyl (C=O) groups is 1. The maximum Gasteiger partial charge on any atom is 0.338 e. The molecule has 0 atom stereocenters. The third kappa shape index (κ3) is 2.73. The van der Waals surface area contributed by atoms with Crippen LogP contribution in [0.3, 0.4) is 0 Å². The van der Waals surface area contributed by atoms with E-state index in [1.54, 1.807) is 24.4 Å². The Morgan fingerprint density at radius 3 is 2.86 bits per heavy atom. The van der Waals surface area contributed by atoms with E-state index in [2.05, 4.69) is 4.98 Å². The van der Waals surface area contributed by atoms with Gasteiger partial charge in [-0.3, -0.25) is 0 Å². The molecule has 0 aliphatic carbocycles. The van der Waals surface area contributed by atoms with Crippen molar-refractivity contribution in [3.05, 3.63) is 71.2 Å². The van der Waals surface area contributed by atoms with E-state index in [9.17, 15) is 15.1 Å². The molecule has 0 bridgehead atoms. The summed E-state index contributed by atoms with van der Waals surface area (Å²) in [6.07, 6.45) is 3.04. The number of carboxylic acid groups (broad SMARTS) is 1. The Labute approximate surface area is 130 Å². The van der Waals surface area contributed by atoms with Crippen molar-refractivity contribution >= 4 is 28.6 Å². The Morgan fingerprint density at radius 1 is 1.23 bits per heavy atom. The number of benzene rings is 1. The van der Waals surface area contributed by atoms with E-state index in [4.69, 9.17) is 0 Å². The van der Waals surface area contributed by atoms with Crippen LogP contribution in [-0.2, 0) is 5.75 Å². The highest BCUT2D eigenvalue weighted by Gasteiger charge is 2.13. The standard InChI is InChI=1S/C16H12N2O3S/c19-16(20)13-5-3-8-17-15(13)22-10-11-7-9-18(21)14-6-2-1-4-12(11)14/h1-9H,10H2,(H,19,20). The van der Waals surface area contributed by atoms with Crippen molar-refractivity contribution in [2.24, 2.45) is 0 Å². The number of rotatable bonds is 4. The number of thioether (sulfide) groups is 1. The molecule has 6 heteroatoms. The second-order valence-corrected chi connectivity index (χ2v) is 5.60. The number of pyridine rings is 2. The monoisotopic (exact) mass is 312 g/mol. The molecule has 0 aliphatic rings. The van der Waals surface area contributed by atoms with Gasteiger partial charge < -0.3 is 10.3 Å². The van der Waals surface area contributed by atoms with Crippen LogP contribution in [0.4, 0.5) is 0 Å². The number of fused-ring (bicyclic) bond motifs is 1. The maximum absolute atomic E-state index is 11.8. The molecule has 1 N–H and O–H groups in total. The maximum atomic E-state index is 11.8. The number of aromatic carboxylic acids is 1. The fourth-order valence-corrected chi connectivity index (χ4v) is 3.20. The largest absolute Gasteiger partial charge is 0.618 e. The average molecular weight is 312 g/mol. The lowest BCUT2D eigenvalue weighted by Gasteiger charge is -2.08. The lowest BCUT2D eigenvalue weighted by atomic mass is 10.1. The molecule has 1 aromatic carbocycles. The van der Waals surface area contributed by atoms with Crippen molar-refractivity contribution in [1.29, 1.82) is 0 Å². The molecule has 3 rings (SSSR count). The summed E-state index contributed by atoms with van der Waals surface area (Å²) in [6.45, 7) is 0. The van der Waals surface area contributed by atoms with E-state index in [-0.39, 0.29) is 5.56 Å². The van der Waals surface area contributed by atoms with E-state index < -0.39 is 5.97 Å². The zero-order valence-corrected chi connectivity index (χ0v) is 12.3. The third-order valence-corrected chi connectivity index (χ3v) is 4.32. The van der Waals surface area contributed by atoms with E-state index in [1.165, 1.54) is 24.0 Å². The summed E-state index contributed by atoms with van der Waals surface area (Å²) >= 11 is 1.35. The van der Waals surface area contributed by atoms with E-state index in [1.807, 2.05) is 18.2 Å². The van der Waals surface area contributed by atoms with Crippen LogP contribution in [0.2, 0.25) is 0 Å². The lowest BCUT2D eigenvalue weighted by Crippen LogP contribution is -2.26. The number of carboxylic acids is 1. The molecule has 2 aromatic heterocycles. The molecule has 0 saturated carbocycles. The minimum Gasteiger partial charge on any atom is -0.618 e. The zero-order chi connectivity index (χ0) is 15.5. The van der Waals surface area contributed by atoms with Gasteiger partial charge in [0, 0.05) is 24.1 Å². The predicted molar refractivity (Wildman–Crippen MR) is 83.7 cm³/mol. The molecule has 0 spiro atoms. The number of para-hydroxylation sites is 1. The Balaban J connectivity index is 1.92. The Morgan fingerprint density at radius 2 is 2.05 bits per heavy atom. The van der Waals surface area contributed by atoms with Gasteiger partial charge in [0.1, 0.15) is 5.03 Å². The molecule has 110 valence electrons. The minimum atomic E-state index is -0.995. The Kier molecular flexibility index (Phi) is 3.93. The summed E-state index contributed by atoms with van der Waals surface area (Å²) in [5.74, 6) is -0.454. The first kappa shape index (κ1) is 14.3. The first-order chi connectivity index (χ1) is 10.7. The lowest BCUT2D eigenvalue weighted by molar-refractivity contribution is -0.577. The van der Waals surface area contributed by atoms with Gasteiger partial charge in [0.15, 0.2) is 6.20 Å². The fourth-order valence-electron chi connectivity index (χ4n) is 2.21. The summed E-state index contributed by atoms with van der Waals surface area (Å²) in [7, 11) is 0. The molecular formula is C16H12N2O3S. The van der Waals surface area contributed by atoms with Crippen molar-refractivity contribution in [2.45, 2.75) is 10.8 Å². The topological polar surface area (TPSA) is 77.1 Å². The molecule has 22 heavy (non-hydrogen) atoms. The summed E-state index contributed by atoms with van der Waals surface area (Å²) < 4.78 is 0.826. The summed E-state index contributed by atoms with van der Waals surface area (Å²) in [5, 5.41) is 22.3. The van der Waals surface area contributed by atoms with Gasteiger partial charge in [-0.1, -0.05) is 12.1 Å². The SMILES string of the molecule is O=C(O)c1cccnc1SCc1cc[n+]([O-])c2ccccc12. The van der Waals surface area contributed by atoms with Gasteiger partial charge in [-0.15, -0.1) is 11.8 Å². The highest BCUT2D eigenvalue weighted by atomic mass is 32.2. The molecule has 2 heterocycles. The van der Waals surface area contributed by atoms with Crippen LogP contribution in [0, 0.1) is 5.21 Å². The molecule has 0 aliphatic heterocycles. The van der Waals surface area contributed by atoms with Crippen LogP contribution < -0.4 is 4.73 Å². The van der Waals surface area contributed by atoms with Gasteiger partial charge in [0.05, 0.1) is 10.9 Å². The second-order valence-electron chi connectivity index (χ2n) is 4.63. The quantitative estimate of drug-likeness (QED) is 0.455. The van der Waals surface area contributed by atoms with Gasteiger partial charge in [-0.05, 0) is 23.8 Å². The molecule has 0 saturated heterocycles. The summed E-state index contributed by atoms with van der Waals surface area (Å²) in [6, 6.07) is 12.2. The van der Waals surface area contributed by atoms with Crippen molar-refractivity contribution in [3.63, 3.8) is 0 Å². The molecule has 0 fully saturated rings. The summed E-state index contributed by atoms with van der Waals surface area (Å²) in [5.41, 5.74) is 1.75. The van der Waals surface area contributed by atoms with Crippen LogP contribution >= 0.6 is 11.8 Å². The Hall–Kier alpha value is -2.60. The van der Waals surface area contributed by atoms with Crippen LogP contribution in [0.1, 0.15) is 15.9 Å². The van der Waals surface area contributed by atoms with Gasteiger partial charge in [-0.2, -0.15) is 4.73 Å². The normalized spacial score (nSPS) is 10.7. The first-order valence-corrected chi connectivity index (χ1v) is 7.56. The van der Waals surface area contributed by atoms with Crippen molar-refractivity contribution in [1.82, 2.24) is 4.98 Å². The second kappa shape index (κ2) is 6.03. The van der Waals surface area contributed by atoms with Gasteiger partial charge in [-0.25, -0.2) is 9.78 Å². The third-order valence-electron chi connectivity index (χ3n) is 3.26. The van der Waals surface area contributed by atoms with Crippen molar-refractivity contribution in [2.75, 3.05) is 0 Å². The van der Waals surface area contributed by atoms with Gasteiger partial charge >= 0.3 is 5.97 Å². The molecular weight excluding hydrogens is 300 g/mol. The van der Waals surface area contributed by atoms with Crippen LogP contribution in [0.25, 0.3) is 10.9 Å². The van der Waals surface area contributed by atoms with Gasteiger partial charge in [0.2, 0.25) is 5.52 Å². The minimum absolute atomic E-state index is 0.187. The fraction of sp³-hybridized carbons (Fsp3) is 0.0625. The molecule has 3 aromatic rings. The van der Waals surface area contributed by atoms with Gasteiger partial charge in [0.25, 0.3) is 0 Å². The highest BCUT2D eigenvalue weighted by molar-refractivity contribution is 7.98. The van der Waals surface area contributed by atoms with E-state index >= 15 is 0 Å². The number of nitrogens with zero attached hydrogens (tertiary/aromatic N) is 2. The van der Waals surface area contributed by atoms with E-state index in [0.29, 0.717) is 16.3 Å². The van der Waals surface area contributed by atoms with Crippen molar-refractivity contribution in [3.8, 4) is 0 Å². The highest BCUT2D eigenvalue weighted by Crippen LogP contribution is 2.27. The smallest absolute Gasteiger partial charge is 0.338 e. The summed E-state index contributed by atoms with van der Waals surface area (Å²) in [4.78, 5) is 15.3. The van der Waals surface area contributed by atoms with Crippen molar-refractivity contribution < 1.29 is 14.6 Å². The van der Waals surface area contributed by atoms with E-state index in [0.717, 1.165) is 15.7 Å². The average Bonchev–Trinajstić information content (AvgIpc) is 2.55. The molecule has 0 unspecified atom stereocenters. The van der Waals surface area contributed by atoms with Crippen LogP contribution in [0.5, 0.6) is 0 Å². The predicted octanol–water partition coefficient (Wildman–Crippen LogP) is 2.86. The Bertz CT molecular complexity index is 852.